The second kappa shape index (κ2) is 4.94. The van der Waals surface area contributed by atoms with Crippen molar-refractivity contribution in [3.8, 4) is 0 Å². The van der Waals surface area contributed by atoms with E-state index < -0.39 is 0 Å². The van der Waals surface area contributed by atoms with Gasteiger partial charge < -0.3 is 10.0 Å². The highest BCUT2D eigenvalue weighted by Gasteiger charge is 2.12. The van der Waals surface area contributed by atoms with Crippen molar-refractivity contribution in [2.75, 3.05) is 20.7 Å². The third-order valence-corrected chi connectivity index (χ3v) is 2.10. The molecule has 0 aliphatic rings. The topological polar surface area (TPSA) is 36.4 Å². The summed E-state index contributed by atoms with van der Waals surface area (Å²) in [7, 11) is 4.01. The molecular formula is C10H16N2O. The van der Waals surface area contributed by atoms with Gasteiger partial charge in [-0.05, 0) is 32.1 Å². The fourth-order valence-electron chi connectivity index (χ4n) is 1.42. The highest BCUT2D eigenvalue weighted by atomic mass is 16.3. The molecule has 72 valence electrons. The molecule has 1 aromatic heterocycles. The molecule has 0 saturated heterocycles. The lowest BCUT2D eigenvalue weighted by Gasteiger charge is -2.23. The number of pyridine rings is 1. The van der Waals surface area contributed by atoms with Crippen LogP contribution < -0.4 is 0 Å². The number of aliphatic hydroxyl groups excluding tert-OH is 1. The van der Waals surface area contributed by atoms with Gasteiger partial charge in [0.1, 0.15) is 0 Å². The lowest BCUT2D eigenvalue weighted by Crippen LogP contribution is -2.21. The Hall–Kier alpha value is -0.930. The number of nitrogens with zero attached hydrogens (tertiary/aromatic N) is 2. The smallest absolute Gasteiger partial charge is 0.0449 e. The zero-order chi connectivity index (χ0) is 9.68. The van der Waals surface area contributed by atoms with Crippen LogP contribution >= 0.6 is 0 Å². The first-order valence-corrected chi connectivity index (χ1v) is 4.43. The van der Waals surface area contributed by atoms with E-state index in [1.807, 2.05) is 32.4 Å². The standard InChI is InChI=1S/C10H16N2O/c1-12(2)10(5-7-13)9-4-3-6-11-8-9/h3-4,6,8,10,13H,5,7H2,1-2H3. The van der Waals surface area contributed by atoms with E-state index in [0.29, 0.717) is 0 Å². The third kappa shape index (κ3) is 2.79. The van der Waals surface area contributed by atoms with Crippen molar-refractivity contribution in [1.82, 2.24) is 9.88 Å². The van der Waals surface area contributed by atoms with Gasteiger partial charge in [0, 0.05) is 25.0 Å². The molecule has 13 heavy (non-hydrogen) atoms. The molecule has 0 saturated carbocycles. The maximum atomic E-state index is 8.90. The molecular weight excluding hydrogens is 164 g/mol. The molecule has 0 aliphatic carbocycles. The molecule has 0 fully saturated rings. The zero-order valence-electron chi connectivity index (χ0n) is 8.14. The molecule has 1 rings (SSSR count). The monoisotopic (exact) mass is 180 g/mol. The second-order valence-electron chi connectivity index (χ2n) is 3.28. The van der Waals surface area contributed by atoms with Crippen LogP contribution in [0.25, 0.3) is 0 Å². The molecule has 0 bridgehead atoms. The summed E-state index contributed by atoms with van der Waals surface area (Å²) in [6.07, 6.45) is 4.36. The van der Waals surface area contributed by atoms with Crippen molar-refractivity contribution < 1.29 is 5.11 Å². The van der Waals surface area contributed by atoms with Crippen molar-refractivity contribution in [3.63, 3.8) is 0 Å². The number of hydrogen-bond acceptors (Lipinski definition) is 3. The Kier molecular flexibility index (Phi) is 3.86. The summed E-state index contributed by atoms with van der Waals surface area (Å²) in [6, 6.07) is 4.22. The molecule has 1 N–H and O–H groups in total. The summed E-state index contributed by atoms with van der Waals surface area (Å²) in [5, 5.41) is 8.90. The van der Waals surface area contributed by atoms with Gasteiger partial charge in [-0.1, -0.05) is 6.07 Å². The Labute approximate surface area is 79.0 Å². The van der Waals surface area contributed by atoms with Gasteiger partial charge in [-0.15, -0.1) is 0 Å². The molecule has 0 aliphatic heterocycles. The Bertz CT molecular complexity index is 236. The highest BCUT2D eigenvalue weighted by Crippen LogP contribution is 2.19. The van der Waals surface area contributed by atoms with Crippen LogP contribution in [0.1, 0.15) is 18.0 Å². The molecule has 3 heteroatoms. The fourth-order valence-corrected chi connectivity index (χ4v) is 1.42. The first-order valence-electron chi connectivity index (χ1n) is 4.43. The Morgan fingerprint density at radius 1 is 1.54 bits per heavy atom. The van der Waals surface area contributed by atoms with E-state index >= 15 is 0 Å². The van der Waals surface area contributed by atoms with E-state index in [-0.39, 0.29) is 12.6 Å². The van der Waals surface area contributed by atoms with Crippen LogP contribution in [0.4, 0.5) is 0 Å². The van der Waals surface area contributed by atoms with E-state index in [1.54, 1.807) is 6.20 Å². The number of rotatable bonds is 4. The van der Waals surface area contributed by atoms with Crippen LogP contribution in [0.3, 0.4) is 0 Å². The SMILES string of the molecule is CN(C)C(CCO)c1cccnc1. The van der Waals surface area contributed by atoms with Gasteiger partial charge in [-0.3, -0.25) is 4.98 Å². The number of aromatic nitrogens is 1. The quantitative estimate of drug-likeness (QED) is 0.753. The Morgan fingerprint density at radius 2 is 2.31 bits per heavy atom. The third-order valence-electron chi connectivity index (χ3n) is 2.10. The van der Waals surface area contributed by atoms with Crippen LogP contribution in [0.15, 0.2) is 24.5 Å². The van der Waals surface area contributed by atoms with E-state index in [1.165, 1.54) is 0 Å². The van der Waals surface area contributed by atoms with Gasteiger partial charge in [0.25, 0.3) is 0 Å². The van der Waals surface area contributed by atoms with Crippen molar-refractivity contribution in [2.24, 2.45) is 0 Å². The van der Waals surface area contributed by atoms with Gasteiger partial charge in [-0.2, -0.15) is 0 Å². The van der Waals surface area contributed by atoms with Gasteiger partial charge in [0.05, 0.1) is 0 Å². The van der Waals surface area contributed by atoms with E-state index in [4.69, 9.17) is 5.11 Å². The van der Waals surface area contributed by atoms with Crippen molar-refractivity contribution in [1.29, 1.82) is 0 Å². The lowest BCUT2D eigenvalue weighted by atomic mass is 10.1. The number of hydrogen-bond donors (Lipinski definition) is 1. The lowest BCUT2D eigenvalue weighted by molar-refractivity contribution is 0.210. The summed E-state index contributed by atoms with van der Waals surface area (Å²) in [5.74, 6) is 0. The average Bonchev–Trinajstić information content (AvgIpc) is 2.15. The summed E-state index contributed by atoms with van der Waals surface area (Å²) < 4.78 is 0. The van der Waals surface area contributed by atoms with E-state index in [9.17, 15) is 0 Å². The van der Waals surface area contributed by atoms with Gasteiger partial charge in [-0.25, -0.2) is 0 Å². The summed E-state index contributed by atoms with van der Waals surface area (Å²) >= 11 is 0. The Balaban J connectivity index is 2.76. The molecule has 0 radical (unpaired) electrons. The van der Waals surface area contributed by atoms with Crippen LogP contribution in [-0.2, 0) is 0 Å². The maximum absolute atomic E-state index is 8.90. The first kappa shape index (κ1) is 10.2. The molecule has 1 unspecified atom stereocenters. The van der Waals surface area contributed by atoms with Gasteiger partial charge in [0.2, 0.25) is 0 Å². The predicted octanol–water partition coefficient (Wildman–Crippen LogP) is 1.07. The van der Waals surface area contributed by atoms with Crippen molar-refractivity contribution >= 4 is 0 Å². The van der Waals surface area contributed by atoms with Crippen LogP contribution in [0.2, 0.25) is 0 Å². The van der Waals surface area contributed by atoms with E-state index in [0.717, 1.165) is 12.0 Å². The molecule has 1 aromatic rings. The molecule has 1 heterocycles. The first-order chi connectivity index (χ1) is 6.25. The minimum absolute atomic E-state index is 0.206. The minimum atomic E-state index is 0.206. The summed E-state index contributed by atoms with van der Waals surface area (Å²) in [4.78, 5) is 6.15. The van der Waals surface area contributed by atoms with Crippen LogP contribution in [-0.4, -0.2) is 35.7 Å². The minimum Gasteiger partial charge on any atom is -0.396 e. The van der Waals surface area contributed by atoms with E-state index in [2.05, 4.69) is 9.88 Å². The highest BCUT2D eigenvalue weighted by molar-refractivity contribution is 5.13. The largest absolute Gasteiger partial charge is 0.396 e. The normalized spacial score (nSPS) is 13.2. The summed E-state index contributed by atoms with van der Waals surface area (Å²) in [6.45, 7) is 0.206. The molecule has 0 aromatic carbocycles. The van der Waals surface area contributed by atoms with Crippen LogP contribution in [0.5, 0.6) is 0 Å². The second-order valence-corrected chi connectivity index (χ2v) is 3.28. The molecule has 3 nitrogen and oxygen atoms in total. The maximum Gasteiger partial charge on any atom is 0.0449 e. The van der Waals surface area contributed by atoms with Crippen molar-refractivity contribution in [2.45, 2.75) is 12.5 Å². The fraction of sp³-hybridized carbons (Fsp3) is 0.500. The molecule has 1 atom stereocenters. The summed E-state index contributed by atoms with van der Waals surface area (Å²) in [5.41, 5.74) is 1.15. The zero-order valence-corrected chi connectivity index (χ0v) is 8.14. The molecule has 0 amide bonds. The average molecular weight is 180 g/mol. The van der Waals surface area contributed by atoms with Crippen molar-refractivity contribution in [3.05, 3.63) is 30.1 Å². The predicted molar refractivity (Wildman–Crippen MR) is 52.4 cm³/mol. The van der Waals surface area contributed by atoms with Crippen LogP contribution in [0, 0.1) is 0 Å². The van der Waals surface area contributed by atoms with Gasteiger partial charge >= 0.3 is 0 Å². The Morgan fingerprint density at radius 3 is 2.77 bits per heavy atom. The number of aliphatic hydroxyl groups is 1. The van der Waals surface area contributed by atoms with Gasteiger partial charge in [0.15, 0.2) is 0 Å². The molecule has 0 spiro atoms.